The lowest BCUT2D eigenvalue weighted by atomic mass is 10.2. The monoisotopic (exact) mass is 128 g/mol. The molecule has 0 rings (SSSR count). The predicted octanol–water partition coefficient (Wildman–Crippen LogP) is 2.24. The van der Waals surface area contributed by atoms with E-state index in [0.717, 1.165) is 19.6 Å². The highest BCUT2D eigenvalue weighted by molar-refractivity contribution is 4.64. The zero-order valence-corrected chi connectivity index (χ0v) is 6.39. The Labute approximate surface area is 57.7 Å². The molecule has 54 valence electrons. The van der Waals surface area contributed by atoms with Crippen LogP contribution in [0, 0.1) is 5.92 Å². The van der Waals surface area contributed by atoms with Gasteiger partial charge in [-0.1, -0.05) is 19.9 Å². The molecule has 0 radical (unpaired) electrons. The zero-order chi connectivity index (χ0) is 7.11. The SMILES string of the molecule is C=CCCOCC(C)C. The summed E-state index contributed by atoms with van der Waals surface area (Å²) in [4.78, 5) is 0. The second-order valence-electron chi connectivity index (χ2n) is 2.55. The number of hydrogen-bond acceptors (Lipinski definition) is 1. The summed E-state index contributed by atoms with van der Waals surface area (Å²) in [5, 5.41) is 0. The minimum Gasteiger partial charge on any atom is -0.381 e. The molecule has 0 bridgehead atoms. The van der Waals surface area contributed by atoms with Gasteiger partial charge in [0.05, 0.1) is 6.61 Å². The van der Waals surface area contributed by atoms with Gasteiger partial charge in [-0.2, -0.15) is 0 Å². The fourth-order valence-corrected chi connectivity index (χ4v) is 0.486. The van der Waals surface area contributed by atoms with Crippen molar-refractivity contribution in [3.63, 3.8) is 0 Å². The van der Waals surface area contributed by atoms with E-state index in [9.17, 15) is 0 Å². The largest absolute Gasteiger partial charge is 0.381 e. The summed E-state index contributed by atoms with van der Waals surface area (Å²) in [7, 11) is 0. The Morgan fingerprint density at radius 2 is 2.22 bits per heavy atom. The minimum absolute atomic E-state index is 0.648. The van der Waals surface area contributed by atoms with Gasteiger partial charge in [-0.25, -0.2) is 0 Å². The maximum atomic E-state index is 5.26. The Morgan fingerprint density at radius 1 is 1.56 bits per heavy atom. The van der Waals surface area contributed by atoms with Gasteiger partial charge in [0.25, 0.3) is 0 Å². The average Bonchev–Trinajstić information content (AvgIpc) is 1.80. The molecule has 0 aromatic heterocycles. The van der Waals surface area contributed by atoms with E-state index in [-0.39, 0.29) is 0 Å². The lowest BCUT2D eigenvalue weighted by molar-refractivity contribution is 0.114. The molecule has 0 atom stereocenters. The summed E-state index contributed by atoms with van der Waals surface area (Å²) in [6.07, 6.45) is 2.84. The molecule has 9 heavy (non-hydrogen) atoms. The molecule has 0 aliphatic carbocycles. The van der Waals surface area contributed by atoms with Crippen LogP contribution in [0.2, 0.25) is 0 Å². The third-order valence-electron chi connectivity index (χ3n) is 0.917. The number of ether oxygens (including phenoxy) is 1. The van der Waals surface area contributed by atoms with Crippen molar-refractivity contribution >= 4 is 0 Å². The second-order valence-corrected chi connectivity index (χ2v) is 2.55. The van der Waals surface area contributed by atoms with Crippen molar-refractivity contribution in [1.29, 1.82) is 0 Å². The van der Waals surface area contributed by atoms with E-state index in [0.29, 0.717) is 5.92 Å². The molecule has 0 spiro atoms. The molecule has 0 unspecified atom stereocenters. The molecule has 0 saturated carbocycles. The van der Waals surface area contributed by atoms with E-state index < -0.39 is 0 Å². The van der Waals surface area contributed by atoms with Crippen LogP contribution >= 0.6 is 0 Å². The van der Waals surface area contributed by atoms with Gasteiger partial charge >= 0.3 is 0 Å². The molecule has 0 saturated heterocycles. The molecule has 0 amide bonds. The molecule has 0 fully saturated rings. The summed E-state index contributed by atoms with van der Waals surface area (Å²) >= 11 is 0. The van der Waals surface area contributed by atoms with Crippen molar-refractivity contribution in [2.45, 2.75) is 20.3 Å². The summed E-state index contributed by atoms with van der Waals surface area (Å²) in [5.41, 5.74) is 0. The predicted molar refractivity (Wildman–Crippen MR) is 40.5 cm³/mol. The highest BCUT2D eigenvalue weighted by Gasteiger charge is 1.90. The summed E-state index contributed by atoms with van der Waals surface area (Å²) in [6.45, 7) is 9.58. The Bertz CT molecular complexity index is 67.0. The van der Waals surface area contributed by atoms with Gasteiger partial charge in [-0.15, -0.1) is 6.58 Å². The Morgan fingerprint density at radius 3 is 2.67 bits per heavy atom. The van der Waals surface area contributed by atoms with Gasteiger partial charge in [0.2, 0.25) is 0 Å². The van der Waals surface area contributed by atoms with Crippen molar-refractivity contribution in [3.8, 4) is 0 Å². The molecule has 0 N–H and O–H groups in total. The third-order valence-corrected chi connectivity index (χ3v) is 0.917. The normalized spacial score (nSPS) is 10.1. The molecule has 1 nitrogen and oxygen atoms in total. The van der Waals surface area contributed by atoms with Crippen LogP contribution in [0.3, 0.4) is 0 Å². The Balaban J connectivity index is 2.82. The third kappa shape index (κ3) is 7.70. The fourth-order valence-electron chi connectivity index (χ4n) is 0.486. The van der Waals surface area contributed by atoms with Crippen molar-refractivity contribution < 1.29 is 4.74 Å². The molecular weight excluding hydrogens is 112 g/mol. The number of hydrogen-bond donors (Lipinski definition) is 0. The van der Waals surface area contributed by atoms with Gasteiger partial charge < -0.3 is 4.74 Å². The lowest BCUT2D eigenvalue weighted by Crippen LogP contribution is -2.01. The second kappa shape index (κ2) is 5.83. The van der Waals surface area contributed by atoms with Crippen LogP contribution in [0.5, 0.6) is 0 Å². The van der Waals surface area contributed by atoms with E-state index >= 15 is 0 Å². The van der Waals surface area contributed by atoms with Crippen LogP contribution in [0.15, 0.2) is 12.7 Å². The summed E-state index contributed by atoms with van der Waals surface area (Å²) in [5.74, 6) is 0.648. The smallest absolute Gasteiger partial charge is 0.0500 e. The molecule has 0 aromatic carbocycles. The summed E-state index contributed by atoms with van der Waals surface area (Å²) in [6, 6.07) is 0. The number of rotatable bonds is 5. The van der Waals surface area contributed by atoms with Crippen molar-refractivity contribution in [2.75, 3.05) is 13.2 Å². The van der Waals surface area contributed by atoms with Crippen LogP contribution < -0.4 is 0 Å². The van der Waals surface area contributed by atoms with E-state index in [1.807, 2.05) is 6.08 Å². The lowest BCUT2D eigenvalue weighted by Gasteiger charge is -2.03. The quantitative estimate of drug-likeness (QED) is 0.407. The van der Waals surface area contributed by atoms with Crippen LogP contribution in [-0.4, -0.2) is 13.2 Å². The first kappa shape index (κ1) is 8.70. The molecule has 0 aromatic rings. The molecule has 0 aliphatic rings. The van der Waals surface area contributed by atoms with Crippen molar-refractivity contribution in [1.82, 2.24) is 0 Å². The van der Waals surface area contributed by atoms with Gasteiger partial charge in [0, 0.05) is 6.61 Å². The topological polar surface area (TPSA) is 9.23 Å². The first-order valence-electron chi connectivity index (χ1n) is 3.46. The van der Waals surface area contributed by atoms with Gasteiger partial charge in [0.1, 0.15) is 0 Å². The van der Waals surface area contributed by atoms with Crippen LogP contribution in [0.1, 0.15) is 20.3 Å². The summed E-state index contributed by atoms with van der Waals surface area (Å²) < 4.78 is 5.26. The van der Waals surface area contributed by atoms with Gasteiger partial charge in [0.15, 0.2) is 0 Å². The first-order chi connectivity index (χ1) is 4.27. The molecule has 0 aliphatic heterocycles. The van der Waals surface area contributed by atoms with Crippen LogP contribution in [0.25, 0.3) is 0 Å². The molecule has 0 heterocycles. The van der Waals surface area contributed by atoms with Gasteiger partial charge in [-0.05, 0) is 12.3 Å². The maximum absolute atomic E-state index is 5.26. The molecular formula is C8H16O. The maximum Gasteiger partial charge on any atom is 0.0500 e. The highest BCUT2D eigenvalue weighted by Crippen LogP contribution is 1.92. The highest BCUT2D eigenvalue weighted by atomic mass is 16.5. The first-order valence-corrected chi connectivity index (χ1v) is 3.46. The zero-order valence-electron chi connectivity index (χ0n) is 6.39. The average molecular weight is 128 g/mol. The van der Waals surface area contributed by atoms with Crippen molar-refractivity contribution in [3.05, 3.63) is 12.7 Å². The fraction of sp³-hybridized carbons (Fsp3) is 0.750. The Hall–Kier alpha value is -0.300. The van der Waals surface area contributed by atoms with Crippen LogP contribution in [0.4, 0.5) is 0 Å². The van der Waals surface area contributed by atoms with E-state index in [2.05, 4.69) is 20.4 Å². The standard InChI is InChI=1S/C8H16O/c1-4-5-6-9-7-8(2)3/h4,8H,1,5-7H2,2-3H3. The minimum atomic E-state index is 0.648. The van der Waals surface area contributed by atoms with E-state index in [1.54, 1.807) is 0 Å². The van der Waals surface area contributed by atoms with E-state index in [4.69, 9.17) is 4.74 Å². The Kier molecular flexibility index (Phi) is 5.64. The molecule has 1 heteroatoms. The van der Waals surface area contributed by atoms with Crippen molar-refractivity contribution in [2.24, 2.45) is 5.92 Å². The van der Waals surface area contributed by atoms with E-state index in [1.165, 1.54) is 0 Å². The van der Waals surface area contributed by atoms with Crippen LogP contribution in [-0.2, 0) is 4.74 Å². The van der Waals surface area contributed by atoms with Gasteiger partial charge in [-0.3, -0.25) is 0 Å².